The maximum atomic E-state index is 13.1. The molecule has 1 saturated heterocycles. The maximum Gasteiger partial charge on any atom is 0.246 e. The number of hydrogen-bond acceptors (Lipinski definition) is 6. The van der Waals surface area contributed by atoms with Crippen LogP contribution in [0.5, 0.6) is 5.75 Å². The summed E-state index contributed by atoms with van der Waals surface area (Å²) in [6, 6.07) is 20.9. The molecule has 43 heavy (non-hydrogen) atoms. The van der Waals surface area contributed by atoms with E-state index in [1.807, 2.05) is 67.4 Å². The fraction of sp³-hybridized carbons (Fsp3) is 0.324. The first kappa shape index (κ1) is 28.5. The van der Waals surface area contributed by atoms with Gasteiger partial charge in [-0.3, -0.25) is 4.79 Å². The van der Waals surface area contributed by atoms with Crippen LogP contribution in [0, 0.1) is 0 Å². The molecule has 1 fully saturated rings. The molecule has 0 unspecified atom stereocenters. The molecule has 9 nitrogen and oxygen atoms in total. The normalized spacial score (nSPS) is 14.6. The number of aryl methyl sites for hydroxylation is 1. The molecule has 0 aliphatic carbocycles. The van der Waals surface area contributed by atoms with Gasteiger partial charge in [0, 0.05) is 43.6 Å². The molecule has 222 valence electrons. The first-order chi connectivity index (χ1) is 20.9. The van der Waals surface area contributed by atoms with Crippen molar-refractivity contribution in [1.82, 2.24) is 29.1 Å². The van der Waals surface area contributed by atoms with Crippen LogP contribution in [-0.4, -0.2) is 75.4 Å². The largest absolute Gasteiger partial charge is 0.497 e. The average Bonchev–Trinajstić information content (AvgIpc) is 3.53. The molecular formula is C34H39N7O2. The van der Waals surface area contributed by atoms with Crippen molar-refractivity contribution in [1.29, 1.82) is 0 Å². The van der Waals surface area contributed by atoms with E-state index in [4.69, 9.17) is 14.8 Å². The lowest BCUT2D eigenvalue weighted by atomic mass is 10.1. The molecule has 5 aromatic rings. The Bertz CT molecular complexity index is 1760. The smallest absolute Gasteiger partial charge is 0.246 e. The summed E-state index contributed by atoms with van der Waals surface area (Å²) in [4.78, 5) is 22.0. The van der Waals surface area contributed by atoms with Gasteiger partial charge < -0.3 is 24.4 Å². The predicted molar refractivity (Wildman–Crippen MR) is 172 cm³/mol. The second-order valence-corrected chi connectivity index (χ2v) is 11.5. The summed E-state index contributed by atoms with van der Waals surface area (Å²) < 4.78 is 9.41. The fourth-order valence-corrected chi connectivity index (χ4v) is 5.75. The topological polar surface area (TPSA) is 80.5 Å². The van der Waals surface area contributed by atoms with E-state index >= 15 is 0 Å². The molecule has 1 N–H and O–H groups in total. The molecule has 0 bridgehead atoms. The van der Waals surface area contributed by atoms with Crippen molar-refractivity contribution in [3.63, 3.8) is 0 Å². The van der Waals surface area contributed by atoms with E-state index < -0.39 is 0 Å². The highest BCUT2D eigenvalue weighted by Gasteiger charge is 2.20. The van der Waals surface area contributed by atoms with Crippen LogP contribution >= 0.6 is 0 Å². The van der Waals surface area contributed by atoms with E-state index in [9.17, 15) is 4.79 Å². The molecule has 1 amide bonds. The highest BCUT2D eigenvalue weighted by molar-refractivity contribution is 5.94. The minimum Gasteiger partial charge on any atom is -0.497 e. The Kier molecular flexibility index (Phi) is 8.16. The van der Waals surface area contributed by atoms with Gasteiger partial charge in [0.25, 0.3) is 0 Å². The first-order valence-corrected chi connectivity index (χ1v) is 14.8. The Morgan fingerprint density at radius 1 is 1.09 bits per heavy atom. The van der Waals surface area contributed by atoms with E-state index in [0.717, 1.165) is 70.9 Å². The van der Waals surface area contributed by atoms with Crippen molar-refractivity contribution in [2.45, 2.75) is 32.0 Å². The number of nitrogens with one attached hydrogen (secondary N) is 1. The zero-order valence-corrected chi connectivity index (χ0v) is 25.3. The zero-order valence-electron chi connectivity index (χ0n) is 25.3. The molecular weight excluding hydrogens is 538 g/mol. The van der Waals surface area contributed by atoms with Gasteiger partial charge in [-0.25, -0.2) is 9.67 Å². The third-order valence-electron chi connectivity index (χ3n) is 8.40. The number of rotatable bonds is 9. The van der Waals surface area contributed by atoms with Gasteiger partial charge in [0.15, 0.2) is 11.5 Å². The van der Waals surface area contributed by atoms with Crippen molar-refractivity contribution in [2.24, 2.45) is 7.05 Å². The fourth-order valence-electron chi connectivity index (χ4n) is 5.75. The van der Waals surface area contributed by atoms with Crippen LogP contribution in [0.15, 0.2) is 72.9 Å². The number of nitrogens with zero attached hydrogens (tertiary/aromatic N) is 6. The number of ether oxygens (including phenoxy) is 1. The number of anilines is 1. The van der Waals surface area contributed by atoms with Crippen LogP contribution in [-0.2, 0) is 24.9 Å². The lowest BCUT2D eigenvalue weighted by Gasteiger charge is -2.29. The summed E-state index contributed by atoms with van der Waals surface area (Å²) in [6.07, 6.45) is 7.40. The second kappa shape index (κ2) is 12.3. The second-order valence-electron chi connectivity index (χ2n) is 11.5. The van der Waals surface area contributed by atoms with Crippen molar-refractivity contribution in [3.05, 3.63) is 89.8 Å². The number of pyridine rings is 1. The number of likely N-dealkylation sites (tertiary alicyclic amines) is 1. The number of fused-ring (bicyclic) bond motifs is 2. The molecule has 4 heterocycles. The number of benzene rings is 2. The summed E-state index contributed by atoms with van der Waals surface area (Å²) >= 11 is 0. The number of carbonyl (C=O) groups is 1. The average molecular weight is 578 g/mol. The summed E-state index contributed by atoms with van der Waals surface area (Å²) in [5, 5.41) is 10.8. The van der Waals surface area contributed by atoms with Gasteiger partial charge in [-0.1, -0.05) is 30.3 Å². The lowest BCUT2D eigenvalue weighted by Crippen LogP contribution is -2.36. The molecule has 2 aromatic carbocycles. The number of likely N-dealkylation sites (N-methyl/N-ethyl adjacent to an activating group) is 1. The van der Waals surface area contributed by atoms with Gasteiger partial charge >= 0.3 is 0 Å². The van der Waals surface area contributed by atoms with E-state index in [1.54, 1.807) is 18.1 Å². The molecule has 1 aliphatic heterocycles. The third kappa shape index (κ3) is 6.27. The minimum absolute atomic E-state index is 0.0646. The zero-order chi connectivity index (χ0) is 29.9. The van der Waals surface area contributed by atoms with Gasteiger partial charge in [0.1, 0.15) is 5.75 Å². The number of hydrogen-bond donors (Lipinski definition) is 1. The number of carbonyl (C=O) groups excluding carboxylic acids is 1. The Morgan fingerprint density at radius 2 is 1.86 bits per heavy atom. The number of aromatic nitrogens is 4. The Morgan fingerprint density at radius 3 is 2.60 bits per heavy atom. The number of amides is 1. The predicted octanol–water partition coefficient (Wildman–Crippen LogP) is 5.16. The van der Waals surface area contributed by atoms with Gasteiger partial charge in [-0.2, -0.15) is 5.10 Å². The number of piperidine rings is 1. The van der Waals surface area contributed by atoms with Gasteiger partial charge in [-0.05, 0) is 85.9 Å². The SMILES string of the molecule is COc1ccc(Cn2nc(NC3CCN(C)CC3)c3cc(/C=C/C(=O)N(C)Cc4cc5ccccc5n4C)cnc32)cc1. The molecule has 0 atom stereocenters. The van der Waals surface area contributed by atoms with E-state index in [2.05, 4.69) is 46.1 Å². The van der Waals surface area contributed by atoms with E-state index in [0.29, 0.717) is 19.1 Å². The van der Waals surface area contributed by atoms with Gasteiger partial charge in [0.2, 0.25) is 5.91 Å². The summed E-state index contributed by atoms with van der Waals surface area (Å²) in [6.45, 7) is 3.23. The van der Waals surface area contributed by atoms with E-state index in [1.165, 1.54) is 5.39 Å². The molecule has 1 aliphatic rings. The first-order valence-electron chi connectivity index (χ1n) is 14.8. The quantitative estimate of drug-likeness (QED) is 0.244. The van der Waals surface area contributed by atoms with Crippen LogP contribution < -0.4 is 10.1 Å². The Labute approximate surface area is 252 Å². The Hall–Kier alpha value is -4.63. The van der Waals surface area contributed by atoms with Crippen LogP contribution in [0.4, 0.5) is 5.82 Å². The van der Waals surface area contributed by atoms with Crippen molar-refractivity contribution >= 4 is 39.7 Å². The summed E-state index contributed by atoms with van der Waals surface area (Å²) in [5.74, 6) is 1.59. The summed E-state index contributed by atoms with van der Waals surface area (Å²) in [5.41, 5.74) is 5.02. The molecule has 0 radical (unpaired) electrons. The number of methoxy groups -OCH3 is 1. The van der Waals surface area contributed by atoms with E-state index in [-0.39, 0.29) is 5.91 Å². The van der Waals surface area contributed by atoms with Crippen molar-refractivity contribution in [3.8, 4) is 5.75 Å². The molecule has 9 heteroatoms. The van der Waals surface area contributed by atoms with Crippen LogP contribution in [0.3, 0.4) is 0 Å². The van der Waals surface area contributed by atoms with Crippen LogP contribution in [0.25, 0.3) is 28.0 Å². The van der Waals surface area contributed by atoms with Crippen molar-refractivity contribution in [2.75, 3.05) is 39.6 Å². The van der Waals surface area contributed by atoms with Crippen LogP contribution in [0.2, 0.25) is 0 Å². The highest BCUT2D eigenvalue weighted by atomic mass is 16.5. The molecule has 3 aromatic heterocycles. The molecule has 0 saturated carbocycles. The van der Waals surface area contributed by atoms with Gasteiger partial charge in [-0.15, -0.1) is 0 Å². The monoisotopic (exact) mass is 577 g/mol. The van der Waals surface area contributed by atoms with Crippen molar-refractivity contribution < 1.29 is 9.53 Å². The minimum atomic E-state index is -0.0646. The highest BCUT2D eigenvalue weighted by Crippen LogP contribution is 2.27. The number of para-hydroxylation sites is 1. The summed E-state index contributed by atoms with van der Waals surface area (Å²) in [7, 11) is 7.71. The lowest BCUT2D eigenvalue weighted by molar-refractivity contribution is -0.125. The Balaban J connectivity index is 1.23. The third-order valence-corrected chi connectivity index (χ3v) is 8.40. The molecule has 6 rings (SSSR count). The standard InChI is InChI=1S/C34H39N7O2/c1-38-17-15-27(16-18-38)36-33-30-19-25(21-35-34(30)41(37-33)22-24-9-12-29(43-4)13-10-24)11-14-32(42)39(2)23-28-20-26-7-5-6-8-31(26)40(28)3/h5-14,19-21,27H,15-18,22-23H2,1-4H3,(H,36,37)/b14-11+. The molecule has 0 spiro atoms. The maximum absolute atomic E-state index is 13.1. The van der Waals surface area contributed by atoms with Crippen LogP contribution in [0.1, 0.15) is 29.7 Å². The van der Waals surface area contributed by atoms with Gasteiger partial charge in [0.05, 0.1) is 25.6 Å².